The second-order valence-electron chi connectivity index (χ2n) is 17.8. The molecule has 19 atom stereocenters. The molecule has 75 heavy (non-hydrogen) atoms. The molecule has 0 amide bonds. The van der Waals surface area contributed by atoms with E-state index in [1.807, 2.05) is 0 Å². The number of phenols is 1. The van der Waals surface area contributed by atoms with Gasteiger partial charge in [-0.15, -0.1) is 0 Å². The number of aromatic hydroxyl groups is 1. The van der Waals surface area contributed by atoms with E-state index in [0.717, 1.165) is 26.7 Å². The fraction of sp³-hybridized carbons (Fsp3) is 0.625. The van der Waals surface area contributed by atoms with Crippen LogP contribution in [0.3, 0.4) is 0 Å². The topological polar surface area (TPSA) is 402 Å². The van der Waals surface area contributed by atoms with E-state index in [0.29, 0.717) is 5.56 Å². The molecule has 0 spiro atoms. The van der Waals surface area contributed by atoms with E-state index < -0.39 is 173 Å². The van der Waals surface area contributed by atoms with Gasteiger partial charge in [-0.3, -0.25) is 9.59 Å². The van der Waals surface area contributed by atoms with Crippen molar-refractivity contribution < 1.29 is 132 Å². The number of aliphatic hydroxyl groups is 10. The van der Waals surface area contributed by atoms with Crippen molar-refractivity contribution in [1.82, 2.24) is 0 Å². The Balaban J connectivity index is 1.21. The zero-order chi connectivity index (χ0) is 54.8. The molecule has 5 aliphatic rings. The predicted molar refractivity (Wildman–Crippen MR) is 243 cm³/mol. The first-order valence-electron chi connectivity index (χ1n) is 23.7. The van der Waals surface area contributed by atoms with Crippen LogP contribution in [0.2, 0.25) is 0 Å². The van der Waals surface area contributed by atoms with Crippen LogP contribution in [0.4, 0.5) is 0 Å². The fourth-order valence-electron chi connectivity index (χ4n) is 8.90. The van der Waals surface area contributed by atoms with Crippen LogP contribution in [0.5, 0.6) is 5.75 Å². The average molecular weight is 1070 g/mol. The quantitative estimate of drug-likeness (QED) is 0.0360. The molecule has 0 bridgehead atoms. The molecule has 1 aromatic rings. The van der Waals surface area contributed by atoms with Gasteiger partial charge in [0.1, 0.15) is 79.5 Å². The van der Waals surface area contributed by atoms with Crippen molar-refractivity contribution >= 4 is 23.9 Å². The molecule has 3 fully saturated rings. The van der Waals surface area contributed by atoms with Gasteiger partial charge in [0.25, 0.3) is 0 Å². The van der Waals surface area contributed by atoms with Gasteiger partial charge in [-0.2, -0.15) is 0 Å². The summed E-state index contributed by atoms with van der Waals surface area (Å²) in [4.78, 5) is 54.1. The van der Waals surface area contributed by atoms with Crippen LogP contribution in [0, 0.1) is 11.8 Å². The van der Waals surface area contributed by atoms with Crippen molar-refractivity contribution in [3.8, 4) is 5.75 Å². The third kappa shape index (κ3) is 13.7. The molecule has 418 valence electrons. The van der Waals surface area contributed by atoms with E-state index in [2.05, 4.69) is 0 Å². The molecule has 0 saturated carbocycles. The molecule has 6 rings (SSSR count). The Bertz CT molecular complexity index is 2230. The van der Waals surface area contributed by atoms with Crippen LogP contribution in [0.25, 0.3) is 0 Å². The Morgan fingerprint density at radius 2 is 1.04 bits per heavy atom. The molecule has 0 aliphatic carbocycles. The normalized spacial score (nSPS) is 37.1. The van der Waals surface area contributed by atoms with Gasteiger partial charge in [0.15, 0.2) is 25.0 Å². The van der Waals surface area contributed by atoms with Crippen LogP contribution in [-0.2, 0) is 82.4 Å². The largest absolute Gasteiger partial charge is 0.508 e. The van der Waals surface area contributed by atoms with E-state index >= 15 is 0 Å². The molecule has 0 radical (unpaired) electrons. The zero-order valence-electron chi connectivity index (χ0n) is 41.0. The molecule has 27 heteroatoms. The monoisotopic (exact) mass is 1070 g/mol. The second-order valence-corrected chi connectivity index (χ2v) is 17.8. The number of methoxy groups -OCH3 is 2. The van der Waals surface area contributed by atoms with Gasteiger partial charge in [-0.05, 0) is 38.0 Å². The first-order valence-corrected chi connectivity index (χ1v) is 23.7. The Morgan fingerprint density at radius 3 is 1.49 bits per heavy atom. The number of allylic oxidation sites excluding steroid dienone is 2. The molecule has 0 unspecified atom stereocenters. The summed E-state index contributed by atoms with van der Waals surface area (Å²) in [5.41, 5.74) is 0.407. The summed E-state index contributed by atoms with van der Waals surface area (Å²) in [6, 6.07) is 6.13. The number of hydrogen-bond donors (Lipinski definition) is 11. The van der Waals surface area contributed by atoms with Crippen LogP contribution < -0.4 is 0 Å². The van der Waals surface area contributed by atoms with E-state index in [-0.39, 0.29) is 41.1 Å². The first kappa shape index (κ1) is 59.1. The Kier molecular flexibility index (Phi) is 21.1. The molecule has 3 saturated heterocycles. The third-order valence-electron chi connectivity index (χ3n) is 13.1. The molecule has 11 N–H and O–H groups in total. The Morgan fingerprint density at radius 1 is 0.587 bits per heavy atom. The number of carbonyl (C=O) groups excluding carboxylic acids is 4. The highest BCUT2D eigenvalue weighted by Crippen LogP contribution is 2.39. The van der Waals surface area contributed by atoms with Crippen LogP contribution in [0.1, 0.15) is 32.3 Å². The highest BCUT2D eigenvalue weighted by Gasteiger charge is 2.51. The number of aliphatic hydroxyl groups excluding tert-OH is 10. The predicted octanol–water partition coefficient (Wildman–Crippen LogP) is -3.78. The lowest BCUT2D eigenvalue weighted by molar-refractivity contribution is -0.327. The van der Waals surface area contributed by atoms with Crippen LogP contribution in [-0.4, -0.2) is 225 Å². The standard InChI is InChI=1S/C48H64O27/c1-5-22-24(26(42(62)64-3)17-68-44(22)74-47-38(59)35(56)33(54)28(15-49)70-47)13-31(52)67-19-30-41(37(58)40(61)46(72-30)66-12-11-20-7-9-21(51)10-8-20)73-32(53)14-25-23(6-2)45(69-18-27(25)43(63)65-4)75-48-39(60)36(57)34(55)29(16-50)71-48/h5-10,17-18,24-25,28-30,33-41,44-51,54-61H,11-16,19H2,1-4H3/b22-5-,23-6?/t24-,25-,28+,29+,30+,33+,34+,35-,36-,37+,38+,39+,40+,41+,44-,45-,46+,47-,48-/m0/s1. The molecule has 5 aliphatic heterocycles. The van der Waals surface area contributed by atoms with Crippen molar-refractivity contribution in [2.75, 3.05) is 40.6 Å². The Hall–Kier alpha value is -5.18. The number of hydrogen-bond acceptors (Lipinski definition) is 27. The van der Waals surface area contributed by atoms with Crippen molar-refractivity contribution in [1.29, 1.82) is 0 Å². The van der Waals surface area contributed by atoms with Crippen molar-refractivity contribution in [2.45, 2.75) is 138 Å². The number of esters is 4. The molecule has 1 aromatic carbocycles. The van der Waals surface area contributed by atoms with Gasteiger partial charge in [0.05, 0.1) is 70.6 Å². The summed E-state index contributed by atoms with van der Waals surface area (Å²) in [5.74, 6) is -6.59. The lowest BCUT2D eigenvalue weighted by Crippen LogP contribution is -2.61. The number of carbonyl (C=O) groups is 4. The van der Waals surface area contributed by atoms with Crippen molar-refractivity contribution in [3.05, 3.63) is 76.8 Å². The molecule has 0 aromatic heterocycles. The number of ether oxygens (including phenoxy) is 12. The molecular formula is C48H64O27. The lowest BCUT2D eigenvalue weighted by atomic mass is 9.86. The minimum absolute atomic E-state index is 0.0156. The third-order valence-corrected chi connectivity index (χ3v) is 13.1. The zero-order valence-corrected chi connectivity index (χ0v) is 41.0. The summed E-state index contributed by atoms with van der Waals surface area (Å²) in [6.45, 7) is 0.509. The maximum absolute atomic E-state index is 14.1. The molecular weight excluding hydrogens is 1010 g/mol. The van der Waals surface area contributed by atoms with Gasteiger partial charge in [0.2, 0.25) is 12.6 Å². The first-order chi connectivity index (χ1) is 35.8. The SMILES string of the molecule is CC=C1[C@H](O[C@@H]2O[C@H](CO)[C@@H](O)[C@H](O)[C@H]2O)OC=C(C(=O)OC)[C@H]1CC(=O)O[C@H]1[C@H](O)[C@@H](O)[C@H](OCCc2ccc(O)cc2)O[C@@H]1COC(=O)C[C@@H]1C(C(=O)OC)=CO[C@@H](O[C@@H]2O[C@H](CO)[C@@H](O)[C@H](O)[C@H]2O)/C1=C\C. The summed E-state index contributed by atoms with van der Waals surface area (Å²) in [7, 11) is 2.13. The summed E-state index contributed by atoms with van der Waals surface area (Å²) < 4.78 is 66.8. The van der Waals surface area contributed by atoms with Gasteiger partial charge in [-0.1, -0.05) is 24.3 Å². The van der Waals surface area contributed by atoms with Crippen molar-refractivity contribution in [3.63, 3.8) is 0 Å². The number of rotatable bonds is 19. The van der Waals surface area contributed by atoms with Gasteiger partial charge >= 0.3 is 23.9 Å². The molecule has 5 heterocycles. The average Bonchev–Trinajstić information content (AvgIpc) is 3.40. The summed E-state index contributed by atoms with van der Waals surface area (Å²) in [5, 5.41) is 114. The summed E-state index contributed by atoms with van der Waals surface area (Å²) >= 11 is 0. The summed E-state index contributed by atoms with van der Waals surface area (Å²) in [6.07, 6.45) is -25.5. The van der Waals surface area contributed by atoms with Gasteiger partial charge in [0, 0.05) is 23.0 Å². The number of benzene rings is 1. The van der Waals surface area contributed by atoms with Crippen LogP contribution in [0.15, 0.2) is 71.2 Å². The number of phenolic OH excluding ortho intramolecular Hbond substituents is 1. The van der Waals surface area contributed by atoms with Gasteiger partial charge in [-0.25, -0.2) is 9.59 Å². The van der Waals surface area contributed by atoms with Gasteiger partial charge < -0.3 is 113 Å². The lowest BCUT2D eigenvalue weighted by Gasteiger charge is -2.42. The maximum atomic E-state index is 14.1. The van der Waals surface area contributed by atoms with E-state index in [1.54, 1.807) is 12.1 Å². The van der Waals surface area contributed by atoms with Crippen LogP contribution >= 0.6 is 0 Å². The Labute approximate surface area is 428 Å². The highest BCUT2D eigenvalue weighted by molar-refractivity contribution is 5.91. The minimum atomic E-state index is -2.00. The van der Waals surface area contributed by atoms with E-state index in [4.69, 9.17) is 56.8 Å². The second kappa shape index (κ2) is 26.7. The van der Waals surface area contributed by atoms with Crippen molar-refractivity contribution in [2.24, 2.45) is 11.8 Å². The highest BCUT2D eigenvalue weighted by atomic mass is 16.8. The van der Waals surface area contributed by atoms with E-state index in [1.165, 1.54) is 38.1 Å². The molecule has 27 nitrogen and oxygen atoms in total. The minimum Gasteiger partial charge on any atom is -0.508 e. The van der Waals surface area contributed by atoms with E-state index in [9.17, 15) is 75.3 Å². The smallest absolute Gasteiger partial charge is 0.337 e. The maximum Gasteiger partial charge on any atom is 0.337 e. The fourth-order valence-corrected chi connectivity index (χ4v) is 8.90.